The Kier molecular flexibility index (Phi) is 5.09. The van der Waals surface area contributed by atoms with Crippen molar-refractivity contribution in [3.63, 3.8) is 0 Å². The molecule has 1 aliphatic heterocycles. The lowest BCUT2D eigenvalue weighted by atomic mass is 10.0. The van der Waals surface area contributed by atoms with E-state index in [9.17, 15) is 4.79 Å². The smallest absolute Gasteiger partial charge is 0.225 e. The van der Waals surface area contributed by atoms with E-state index >= 15 is 0 Å². The van der Waals surface area contributed by atoms with Crippen LogP contribution in [0.15, 0.2) is 0 Å². The zero-order chi connectivity index (χ0) is 11.3. The topological polar surface area (TPSA) is 32.3 Å². The Balaban J connectivity index is 2.41. The molecule has 1 atom stereocenters. The first-order valence-electron chi connectivity index (χ1n) is 6.17. The number of amides is 1. The maximum atomic E-state index is 11.8. The van der Waals surface area contributed by atoms with Crippen LogP contribution < -0.4 is 5.32 Å². The van der Waals surface area contributed by atoms with Gasteiger partial charge < -0.3 is 10.2 Å². The van der Waals surface area contributed by atoms with E-state index in [1.165, 1.54) is 19.3 Å². The molecule has 3 nitrogen and oxygen atoms in total. The van der Waals surface area contributed by atoms with E-state index in [-0.39, 0.29) is 11.8 Å². The van der Waals surface area contributed by atoms with Gasteiger partial charge in [0.05, 0.1) is 0 Å². The van der Waals surface area contributed by atoms with Crippen LogP contribution in [0.1, 0.15) is 40.0 Å². The molecule has 0 spiro atoms. The van der Waals surface area contributed by atoms with Crippen molar-refractivity contribution in [1.82, 2.24) is 10.2 Å². The van der Waals surface area contributed by atoms with Crippen LogP contribution in [0.3, 0.4) is 0 Å². The monoisotopic (exact) mass is 212 g/mol. The summed E-state index contributed by atoms with van der Waals surface area (Å²) in [4.78, 5) is 13.8. The van der Waals surface area contributed by atoms with Gasteiger partial charge in [-0.05, 0) is 26.3 Å². The highest BCUT2D eigenvalue weighted by molar-refractivity contribution is 5.78. The molecule has 0 aliphatic carbocycles. The van der Waals surface area contributed by atoms with Gasteiger partial charge in [0.2, 0.25) is 5.91 Å². The van der Waals surface area contributed by atoms with Crippen LogP contribution in [-0.4, -0.2) is 36.5 Å². The number of hydrogen-bond acceptors (Lipinski definition) is 2. The van der Waals surface area contributed by atoms with Crippen molar-refractivity contribution in [2.45, 2.75) is 46.1 Å². The first-order valence-corrected chi connectivity index (χ1v) is 6.17. The number of rotatable bonds is 4. The highest BCUT2D eigenvalue weighted by Crippen LogP contribution is 2.10. The lowest BCUT2D eigenvalue weighted by Gasteiger charge is -2.30. The molecule has 1 N–H and O–H groups in total. The van der Waals surface area contributed by atoms with Gasteiger partial charge in [-0.15, -0.1) is 0 Å². The van der Waals surface area contributed by atoms with E-state index in [0.29, 0.717) is 6.04 Å². The molecule has 15 heavy (non-hydrogen) atoms. The van der Waals surface area contributed by atoms with Crippen molar-refractivity contribution in [2.24, 2.45) is 5.92 Å². The Morgan fingerprint density at radius 1 is 1.47 bits per heavy atom. The molecule has 1 unspecified atom stereocenters. The number of likely N-dealkylation sites (N-methyl/N-ethyl adjacent to an activating group) is 1. The van der Waals surface area contributed by atoms with E-state index in [1.807, 2.05) is 18.7 Å². The molecule has 1 amide bonds. The van der Waals surface area contributed by atoms with Crippen LogP contribution in [-0.2, 0) is 4.79 Å². The maximum Gasteiger partial charge on any atom is 0.225 e. The largest absolute Gasteiger partial charge is 0.341 e. The summed E-state index contributed by atoms with van der Waals surface area (Å²) in [6, 6.07) is 0.515. The normalized spacial score (nSPS) is 21.7. The minimum Gasteiger partial charge on any atom is -0.341 e. The summed E-state index contributed by atoms with van der Waals surface area (Å²) in [7, 11) is 0. The molecule has 1 aliphatic rings. The number of hydrogen-bond donors (Lipinski definition) is 1. The van der Waals surface area contributed by atoms with Gasteiger partial charge in [0.1, 0.15) is 0 Å². The summed E-state index contributed by atoms with van der Waals surface area (Å²) >= 11 is 0. The molecular formula is C12H24N2O. The Labute approximate surface area is 93.2 Å². The highest BCUT2D eigenvalue weighted by atomic mass is 16.2. The molecule has 0 bridgehead atoms. The number of nitrogens with zero attached hydrogens (tertiary/aromatic N) is 1. The molecule has 88 valence electrons. The summed E-state index contributed by atoms with van der Waals surface area (Å²) in [5, 5.41) is 3.48. The van der Waals surface area contributed by atoms with Gasteiger partial charge in [0.15, 0.2) is 0 Å². The molecular weight excluding hydrogens is 188 g/mol. The molecule has 1 rings (SSSR count). The third kappa shape index (κ3) is 3.82. The van der Waals surface area contributed by atoms with Gasteiger partial charge in [0.25, 0.3) is 0 Å². The SMILES string of the molecule is CCN(CC1CCCCN1)C(=O)C(C)C. The number of piperidine rings is 1. The quantitative estimate of drug-likeness (QED) is 0.768. The van der Waals surface area contributed by atoms with Crippen molar-refractivity contribution in [1.29, 1.82) is 0 Å². The van der Waals surface area contributed by atoms with Crippen LogP contribution in [0.4, 0.5) is 0 Å². The van der Waals surface area contributed by atoms with Crippen LogP contribution in [0, 0.1) is 5.92 Å². The molecule has 3 heteroatoms. The second-order valence-corrected chi connectivity index (χ2v) is 4.68. The predicted molar refractivity (Wildman–Crippen MR) is 62.7 cm³/mol. The number of nitrogens with one attached hydrogen (secondary N) is 1. The summed E-state index contributed by atoms with van der Waals surface area (Å²) in [6.07, 6.45) is 3.79. The Morgan fingerprint density at radius 2 is 2.20 bits per heavy atom. The molecule has 1 fully saturated rings. The van der Waals surface area contributed by atoms with E-state index < -0.39 is 0 Å². The summed E-state index contributed by atoms with van der Waals surface area (Å²) in [5.74, 6) is 0.401. The third-order valence-electron chi connectivity index (χ3n) is 3.04. The lowest BCUT2D eigenvalue weighted by Crippen LogP contribution is -2.46. The van der Waals surface area contributed by atoms with Gasteiger partial charge in [-0.25, -0.2) is 0 Å². The zero-order valence-corrected chi connectivity index (χ0v) is 10.3. The van der Waals surface area contributed by atoms with Crippen molar-refractivity contribution < 1.29 is 4.79 Å². The van der Waals surface area contributed by atoms with Gasteiger partial charge in [-0.2, -0.15) is 0 Å². The average Bonchev–Trinajstić information content (AvgIpc) is 2.26. The Hall–Kier alpha value is -0.570. The van der Waals surface area contributed by atoms with Gasteiger partial charge in [-0.1, -0.05) is 20.3 Å². The van der Waals surface area contributed by atoms with E-state index in [1.54, 1.807) is 0 Å². The lowest BCUT2D eigenvalue weighted by molar-refractivity contribution is -0.134. The third-order valence-corrected chi connectivity index (χ3v) is 3.04. The van der Waals surface area contributed by atoms with Crippen LogP contribution in [0.2, 0.25) is 0 Å². The maximum absolute atomic E-state index is 11.8. The number of carbonyl (C=O) groups excluding carboxylic acids is 1. The summed E-state index contributed by atoms with van der Waals surface area (Å²) < 4.78 is 0. The van der Waals surface area contributed by atoms with Gasteiger partial charge in [0, 0.05) is 25.0 Å². The van der Waals surface area contributed by atoms with Crippen molar-refractivity contribution in [3.8, 4) is 0 Å². The molecule has 1 saturated heterocycles. The molecule has 0 aromatic heterocycles. The standard InChI is InChI=1S/C12H24N2O/c1-4-14(12(15)10(2)3)9-11-7-5-6-8-13-11/h10-11,13H,4-9H2,1-3H3. The highest BCUT2D eigenvalue weighted by Gasteiger charge is 2.20. The first kappa shape index (κ1) is 12.5. The minimum absolute atomic E-state index is 0.119. The second kappa shape index (κ2) is 6.11. The van der Waals surface area contributed by atoms with Crippen LogP contribution >= 0.6 is 0 Å². The average molecular weight is 212 g/mol. The number of carbonyl (C=O) groups is 1. The summed E-state index contributed by atoms with van der Waals surface area (Å²) in [5.41, 5.74) is 0. The Bertz CT molecular complexity index is 198. The first-order chi connectivity index (χ1) is 7.15. The van der Waals surface area contributed by atoms with Crippen molar-refractivity contribution >= 4 is 5.91 Å². The second-order valence-electron chi connectivity index (χ2n) is 4.68. The van der Waals surface area contributed by atoms with Crippen molar-refractivity contribution in [2.75, 3.05) is 19.6 Å². The minimum atomic E-state index is 0.119. The molecule has 0 aromatic carbocycles. The summed E-state index contributed by atoms with van der Waals surface area (Å²) in [6.45, 7) is 8.82. The molecule has 1 heterocycles. The zero-order valence-electron chi connectivity index (χ0n) is 10.3. The van der Waals surface area contributed by atoms with Crippen molar-refractivity contribution in [3.05, 3.63) is 0 Å². The van der Waals surface area contributed by atoms with E-state index in [0.717, 1.165) is 19.6 Å². The van der Waals surface area contributed by atoms with Gasteiger partial charge >= 0.3 is 0 Å². The Morgan fingerprint density at radius 3 is 2.67 bits per heavy atom. The fourth-order valence-electron chi connectivity index (χ4n) is 2.09. The fourth-order valence-corrected chi connectivity index (χ4v) is 2.09. The van der Waals surface area contributed by atoms with Gasteiger partial charge in [-0.3, -0.25) is 4.79 Å². The molecule has 0 aromatic rings. The van der Waals surface area contributed by atoms with E-state index in [4.69, 9.17) is 0 Å². The fraction of sp³-hybridized carbons (Fsp3) is 0.917. The predicted octanol–water partition coefficient (Wildman–Crippen LogP) is 1.63. The molecule has 0 saturated carbocycles. The van der Waals surface area contributed by atoms with Crippen LogP contribution in [0.25, 0.3) is 0 Å². The molecule has 0 radical (unpaired) electrons. The van der Waals surface area contributed by atoms with Crippen LogP contribution in [0.5, 0.6) is 0 Å². The van der Waals surface area contributed by atoms with E-state index in [2.05, 4.69) is 12.2 Å².